The zero-order valence-electron chi connectivity index (χ0n) is 15.9. The molecule has 1 amide bonds. The van der Waals surface area contributed by atoms with E-state index in [0.29, 0.717) is 16.7 Å². The summed E-state index contributed by atoms with van der Waals surface area (Å²) < 4.78 is 53.5. The second-order valence-electron chi connectivity index (χ2n) is 8.16. The topological polar surface area (TPSA) is 65.5 Å². The molecular weight excluding hydrogens is 426 g/mol. The van der Waals surface area contributed by atoms with Gasteiger partial charge < -0.3 is 15.3 Å². The molecule has 30 heavy (non-hydrogen) atoms. The predicted molar refractivity (Wildman–Crippen MR) is 105 cm³/mol. The fourth-order valence-corrected chi connectivity index (χ4v) is 4.32. The summed E-state index contributed by atoms with van der Waals surface area (Å²) in [5, 5.41) is 13.5. The van der Waals surface area contributed by atoms with Crippen LogP contribution in [0.5, 0.6) is 0 Å². The highest BCUT2D eigenvalue weighted by Crippen LogP contribution is 2.39. The zero-order valence-corrected chi connectivity index (χ0v) is 16.7. The Morgan fingerprint density at radius 2 is 1.87 bits per heavy atom. The molecule has 1 unspecified atom stereocenters. The molecule has 1 aromatic heterocycles. The predicted octanol–water partition coefficient (Wildman–Crippen LogP) is 4.01. The average molecular weight is 446 g/mol. The summed E-state index contributed by atoms with van der Waals surface area (Å²) in [5.74, 6) is -5.97. The highest BCUT2D eigenvalue weighted by atomic mass is 35.5. The Kier molecular flexibility index (Phi) is 5.09. The third-order valence-electron chi connectivity index (χ3n) is 5.55. The van der Waals surface area contributed by atoms with Crippen LogP contribution in [0.1, 0.15) is 36.0 Å². The normalized spacial score (nSPS) is 25.1. The van der Waals surface area contributed by atoms with Gasteiger partial charge in [-0.25, -0.2) is 22.5 Å². The maximum Gasteiger partial charge on any atom is 0.282 e. The summed E-state index contributed by atoms with van der Waals surface area (Å²) in [6.07, 6.45) is -0.668. The molecule has 2 N–H and O–H groups in total. The molecule has 162 valence electrons. The van der Waals surface area contributed by atoms with Crippen LogP contribution < -0.4 is 10.2 Å². The average Bonchev–Trinajstić information content (AvgIpc) is 2.63. The van der Waals surface area contributed by atoms with E-state index in [1.807, 2.05) is 0 Å². The van der Waals surface area contributed by atoms with Crippen molar-refractivity contribution in [2.45, 2.75) is 43.1 Å². The molecule has 5 nitrogen and oxygen atoms in total. The summed E-state index contributed by atoms with van der Waals surface area (Å²) in [5.41, 5.74) is -1.21. The Morgan fingerprint density at radius 1 is 1.13 bits per heavy atom. The third-order valence-corrected chi connectivity index (χ3v) is 5.87. The van der Waals surface area contributed by atoms with Gasteiger partial charge in [-0.1, -0.05) is 11.6 Å². The number of hydrogen-bond donors (Lipinski definition) is 2. The number of aromatic nitrogens is 1. The quantitative estimate of drug-likeness (QED) is 0.698. The Morgan fingerprint density at radius 3 is 2.53 bits per heavy atom. The van der Waals surface area contributed by atoms with Gasteiger partial charge in [-0.05, 0) is 37.1 Å². The van der Waals surface area contributed by atoms with Crippen LogP contribution in [0.25, 0.3) is 10.9 Å². The van der Waals surface area contributed by atoms with E-state index in [4.69, 9.17) is 11.6 Å². The van der Waals surface area contributed by atoms with Crippen molar-refractivity contribution in [3.63, 3.8) is 0 Å². The molecule has 2 aromatic rings. The van der Waals surface area contributed by atoms with Crippen molar-refractivity contribution in [1.82, 2.24) is 10.3 Å². The Balaban J connectivity index is 1.54. The molecule has 1 atom stereocenters. The molecule has 2 fully saturated rings. The molecule has 4 rings (SSSR count). The fourth-order valence-electron chi connectivity index (χ4n) is 4.07. The first-order valence-electron chi connectivity index (χ1n) is 9.58. The Labute approximate surface area is 175 Å². The number of nitrogens with zero attached hydrogens (tertiary/aromatic N) is 2. The van der Waals surface area contributed by atoms with E-state index >= 15 is 0 Å². The lowest BCUT2D eigenvalue weighted by Crippen LogP contribution is -2.56. The van der Waals surface area contributed by atoms with Gasteiger partial charge >= 0.3 is 0 Å². The Hall–Kier alpha value is -2.13. The van der Waals surface area contributed by atoms with Gasteiger partial charge in [0, 0.05) is 24.8 Å². The molecule has 0 spiro atoms. The monoisotopic (exact) mass is 445 g/mol. The summed E-state index contributed by atoms with van der Waals surface area (Å²) in [6.45, 7) is -1.17. The van der Waals surface area contributed by atoms with Gasteiger partial charge in [-0.2, -0.15) is 0 Å². The summed E-state index contributed by atoms with van der Waals surface area (Å²) >= 11 is 6.20. The minimum absolute atomic E-state index is 0.0910. The Bertz CT molecular complexity index is 995. The fraction of sp³-hybridized carbons (Fsp3) is 0.500. The number of benzene rings is 1. The summed E-state index contributed by atoms with van der Waals surface area (Å²) in [6, 6.07) is 6.13. The number of rotatable bonds is 4. The largest absolute Gasteiger partial charge is 0.388 e. The van der Waals surface area contributed by atoms with E-state index in [-0.39, 0.29) is 36.4 Å². The molecule has 1 aliphatic carbocycles. The van der Waals surface area contributed by atoms with Crippen LogP contribution in [0.4, 0.5) is 23.4 Å². The van der Waals surface area contributed by atoms with Gasteiger partial charge in [0.2, 0.25) is 0 Å². The number of pyridine rings is 1. The molecule has 10 heteroatoms. The molecule has 0 bridgehead atoms. The second-order valence-corrected chi connectivity index (χ2v) is 8.57. The van der Waals surface area contributed by atoms with Crippen LogP contribution in [0.15, 0.2) is 24.3 Å². The lowest BCUT2D eigenvalue weighted by molar-refractivity contribution is -0.121. The molecule has 1 aliphatic heterocycles. The SMILES string of the molecule is O=C(NCC1(O)CCCC(F)(F)C1)c1c(Cl)ccc2nc(N3CC(F)(F)C3)ccc12. The number of anilines is 1. The van der Waals surface area contributed by atoms with E-state index in [2.05, 4.69) is 10.3 Å². The van der Waals surface area contributed by atoms with Crippen molar-refractivity contribution >= 4 is 34.2 Å². The molecule has 1 saturated heterocycles. The first kappa shape index (κ1) is 21.1. The van der Waals surface area contributed by atoms with Crippen LogP contribution in [0.2, 0.25) is 5.02 Å². The number of nitrogens with one attached hydrogen (secondary N) is 1. The van der Waals surface area contributed by atoms with Crippen LogP contribution in [0.3, 0.4) is 0 Å². The van der Waals surface area contributed by atoms with Gasteiger partial charge in [0.15, 0.2) is 0 Å². The number of fused-ring (bicyclic) bond motifs is 1. The molecule has 2 aliphatic rings. The van der Waals surface area contributed by atoms with Crippen molar-refractivity contribution < 1.29 is 27.5 Å². The lowest BCUT2D eigenvalue weighted by atomic mass is 9.82. The number of alkyl halides is 4. The van der Waals surface area contributed by atoms with Gasteiger partial charge in [0.1, 0.15) is 5.82 Å². The molecule has 0 radical (unpaired) electrons. The molecule has 1 aromatic carbocycles. The maximum atomic E-state index is 13.7. The highest BCUT2D eigenvalue weighted by Gasteiger charge is 2.45. The number of amides is 1. The molecule has 2 heterocycles. The van der Waals surface area contributed by atoms with E-state index in [1.54, 1.807) is 12.1 Å². The number of aliphatic hydroxyl groups is 1. The van der Waals surface area contributed by atoms with Crippen molar-refractivity contribution in [2.24, 2.45) is 0 Å². The van der Waals surface area contributed by atoms with Crippen LogP contribution in [0, 0.1) is 0 Å². The standard InChI is InChI=1S/C20H20ClF4N3O2/c21-13-3-4-14-12(2-5-15(27-14)28-10-20(24,25)11-28)16(13)17(29)26-9-18(30)6-1-7-19(22,23)8-18/h2-5,30H,1,6-11H2,(H,26,29). The first-order valence-corrected chi connectivity index (χ1v) is 9.95. The van der Waals surface area contributed by atoms with Crippen molar-refractivity contribution in [1.29, 1.82) is 0 Å². The van der Waals surface area contributed by atoms with E-state index in [0.717, 1.165) is 0 Å². The first-order chi connectivity index (χ1) is 14.0. The number of hydrogen-bond acceptors (Lipinski definition) is 4. The van der Waals surface area contributed by atoms with Gasteiger partial charge in [0.05, 0.1) is 34.8 Å². The van der Waals surface area contributed by atoms with Gasteiger partial charge in [-0.3, -0.25) is 4.79 Å². The van der Waals surface area contributed by atoms with Crippen molar-refractivity contribution in [2.75, 3.05) is 24.5 Å². The van der Waals surface area contributed by atoms with E-state index in [1.165, 1.54) is 17.0 Å². The third kappa shape index (κ3) is 4.18. The number of carbonyl (C=O) groups is 1. The summed E-state index contributed by atoms with van der Waals surface area (Å²) in [4.78, 5) is 18.5. The van der Waals surface area contributed by atoms with Gasteiger partial charge in [-0.15, -0.1) is 0 Å². The minimum atomic E-state index is -2.97. The number of carbonyl (C=O) groups excluding carboxylic acids is 1. The van der Waals surface area contributed by atoms with E-state index < -0.39 is 42.9 Å². The van der Waals surface area contributed by atoms with Crippen LogP contribution in [-0.2, 0) is 0 Å². The van der Waals surface area contributed by atoms with E-state index in [9.17, 15) is 27.5 Å². The van der Waals surface area contributed by atoms with Crippen LogP contribution >= 0.6 is 11.6 Å². The smallest absolute Gasteiger partial charge is 0.282 e. The second kappa shape index (κ2) is 7.23. The minimum Gasteiger partial charge on any atom is -0.388 e. The maximum absolute atomic E-state index is 13.7. The zero-order chi connectivity index (χ0) is 21.7. The highest BCUT2D eigenvalue weighted by molar-refractivity contribution is 6.35. The number of halogens is 5. The molecular formula is C20H20ClF4N3O2. The summed E-state index contributed by atoms with van der Waals surface area (Å²) in [7, 11) is 0. The van der Waals surface area contributed by atoms with Crippen LogP contribution in [-0.4, -0.2) is 53.1 Å². The van der Waals surface area contributed by atoms with Crippen molar-refractivity contribution in [3.8, 4) is 0 Å². The molecule has 1 saturated carbocycles. The van der Waals surface area contributed by atoms with Crippen molar-refractivity contribution in [3.05, 3.63) is 34.9 Å². The lowest BCUT2D eigenvalue weighted by Gasteiger charge is -2.39. The van der Waals surface area contributed by atoms with Gasteiger partial charge in [0.25, 0.3) is 17.8 Å².